The van der Waals surface area contributed by atoms with Gasteiger partial charge in [-0.05, 0) is 116 Å². The maximum absolute atomic E-state index is 12.5. The van der Waals surface area contributed by atoms with Crippen LogP contribution in [0.4, 0.5) is 0 Å². The predicted octanol–water partition coefficient (Wildman–Crippen LogP) is 5.56. The Bertz CT molecular complexity index is 1010. The number of hydrogen-bond acceptors (Lipinski definition) is 4. The molecule has 38 heavy (non-hydrogen) atoms. The van der Waals surface area contributed by atoms with E-state index in [0.717, 1.165) is 25.7 Å². The molecule has 6 aliphatic carbocycles. The average molecular weight is 528 g/mol. The van der Waals surface area contributed by atoms with Gasteiger partial charge in [-0.2, -0.15) is 0 Å². The van der Waals surface area contributed by atoms with E-state index >= 15 is 0 Å². The molecular formula is C33H53NO4. The second kappa shape index (κ2) is 8.00. The lowest BCUT2D eigenvalue weighted by atomic mass is 9.41. The molecule has 1 heterocycles. The van der Waals surface area contributed by atoms with Crippen LogP contribution in [0.2, 0.25) is 0 Å². The van der Waals surface area contributed by atoms with Gasteiger partial charge in [0.2, 0.25) is 5.91 Å². The van der Waals surface area contributed by atoms with E-state index in [1.54, 1.807) is 6.92 Å². The molecule has 0 radical (unpaired) electrons. The number of carbonyl (C=O) groups excluding carboxylic acids is 1. The summed E-state index contributed by atoms with van der Waals surface area (Å²) < 4.78 is 6.92. The third-order valence-electron chi connectivity index (χ3n) is 15.2. The maximum atomic E-state index is 12.5. The summed E-state index contributed by atoms with van der Waals surface area (Å²) in [5, 5.41) is 23.3. The van der Waals surface area contributed by atoms with Gasteiger partial charge in [0.1, 0.15) is 0 Å². The molecule has 2 spiro atoms. The van der Waals surface area contributed by atoms with Gasteiger partial charge in [-0.15, -0.1) is 0 Å². The summed E-state index contributed by atoms with van der Waals surface area (Å²) in [5.41, 5.74) is 0.633. The molecule has 7 rings (SSSR count). The normalized spacial score (nSPS) is 56.4. The van der Waals surface area contributed by atoms with E-state index in [2.05, 4.69) is 39.5 Å². The van der Waals surface area contributed by atoms with E-state index in [4.69, 9.17) is 4.74 Å². The lowest BCUT2D eigenvalue weighted by Gasteiger charge is -2.63. The van der Waals surface area contributed by atoms with Gasteiger partial charge in [0.05, 0.1) is 24.4 Å². The fraction of sp³-hybridized carbons (Fsp3) is 0.970. The minimum atomic E-state index is -0.448. The molecule has 1 aliphatic heterocycles. The van der Waals surface area contributed by atoms with Gasteiger partial charge >= 0.3 is 0 Å². The van der Waals surface area contributed by atoms with Crippen molar-refractivity contribution >= 4 is 5.91 Å². The second-order valence-corrected chi connectivity index (χ2v) is 16.4. The molecule has 214 valence electrons. The largest absolute Gasteiger partial charge is 0.393 e. The quantitative estimate of drug-likeness (QED) is 0.504. The Morgan fingerprint density at radius 1 is 0.947 bits per heavy atom. The Kier molecular flexibility index (Phi) is 5.53. The van der Waals surface area contributed by atoms with Crippen molar-refractivity contribution < 1.29 is 19.7 Å². The van der Waals surface area contributed by atoms with Gasteiger partial charge in [0, 0.05) is 24.9 Å². The van der Waals surface area contributed by atoms with Crippen LogP contribution in [0, 0.1) is 50.7 Å². The summed E-state index contributed by atoms with van der Waals surface area (Å²) in [4.78, 5) is 14.6. The number of carbonyl (C=O) groups is 1. The molecular weight excluding hydrogens is 474 g/mol. The van der Waals surface area contributed by atoms with Gasteiger partial charge in [0.25, 0.3) is 0 Å². The van der Waals surface area contributed by atoms with Gasteiger partial charge in [-0.3, -0.25) is 4.79 Å². The van der Waals surface area contributed by atoms with Crippen LogP contribution in [-0.2, 0) is 9.53 Å². The van der Waals surface area contributed by atoms with Crippen molar-refractivity contribution in [3.05, 3.63) is 0 Å². The monoisotopic (exact) mass is 527 g/mol. The minimum absolute atomic E-state index is 0.00940. The topological polar surface area (TPSA) is 70.0 Å². The van der Waals surface area contributed by atoms with Crippen molar-refractivity contribution in [3.8, 4) is 0 Å². The van der Waals surface area contributed by atoms with Crippen LogP contribution in [0.15, 0.2) is 0 Å². The summed E-state index contributed by atoms with van der Waals surface area (Å²) in [6, 6.07) is 0.384. The van der Waals surface area contributed by atoms with Crippen LogP contribution in [0.3, 0.4) is 0 Å². The second-order valence-electron chi connectivity index (χ2n) is 16.4. The third-order valence-corrected chi connectivity index (χ3v) is 15.2. The SMILES string of the molecule is CC(=O)N(CC1C[C@@H](C)[C@H]2C(O1)[C@H](O)[C@@]1(C)C3CC[C@H]4C(C)(C)C(O)CCC45CC35CCC21C)C1CCC1. The van der Waals surface area contributed by atoms with Crippen LogP contribution < -0.4 is 0 Å². The number of fused-ring (bicyclic) bond motifs is 4. The first-order valence-corrected chi connectivity index (χ1v) is 16.1. The molecule has 1 amide bonds. The van der Waals surface area contributed by atoms with Crippen LogP contribution >= 0.6 is 0 Å². The maximum Gasteiger partial charge on any atom is 0.219 e. The zero-order chi connectivity index (χ0) is 27.0. The Hall–Kier alpha value is -0.650. The van der Waals surface area contributed by atoms with Gasteiger partial charge in [-0.25, -0.2) is 0 Å². The summed E-state index contributed by atoms with van der Waals surface area (Å²) >= 11 is 0. The molecule has 5 heteroatoms. The summed E-state index contributed by atoms with van der Waals surface area (Å²) in [6.07, 6.45) is 12.0. The molecule has 0 aromatic heterocycles. The molecule has 7 aliphatic rings. The van der Waals surface area contributed by atoms with E-state index in [0.29, 0.717) is 47.1 Å². The standard InChI is InChI=1S/C33H53NO4/c1-19-16-22(17-34(20(2)35)21-8-7-9-21)38-27-26(19)30(5)14-15-33-18-32(33)13-12-25(36)29(3,4)23(32)10-11-24(33)31(30,6)28(27)37/h19,21-28,36-37H,7-18H2,1-6H3/t19-,22?,23+,24?,25?,26+,27?,28+,30?,31-,32?,33?/m1/s1. The highest BCUT2D eigenvalue weighted by Gasteiger charge is 2.84. The zero-order valence-electron chi connectivity index (χ0n) is 24.8. The summed E-state index contributed by atoms with van der Waals surface area (Å²) in [5.74, 6) is 2.17. The van der Waals surface area contributed by atoms with Gasteiger partial charge < -0.3 is 19.8 Å². The first kappa shape index (κ1) is 26.3. The number of ether oxygens (including phenoxy) is 1. The van der Waals surface area contributed by atoms with Gasteiger partial charge in [-0.1, -0.05) is 34.6 Å². The van der Waals surface area contributed by atoms with Crippen molar-refractivity contribution in [3.63, 3.8) is 0 Å². The van der Waals surface area contributed by atoms with E-state index < -0.39 is 6.10 Å². The van der Waals surface area contributed by atoms with E-state index in [9.17, 15) is 15.0 Å². The fourth-order valence-corrected chi connectivity index (χ4v) is 13.0. The van der Waals surface area contributed by atoms with E-state index in [1.807, 2.05) is 0 Å². The van der Waals surface area contributed by atoms with Crippen molar-refractivity contribution in [2.24, 2.45) is 50.7 Å². The Morgan fingerprint density at radius 2 is 1.63 bits per heavy atom. The lowest BCUT2D eigenvalue weighted by Crippen LogP contribution is -2.59. The molecule has 0 aromatic rings. The number of aliphatic hydroxyl groups excluding tert-OH is 2. The molecule has 12 atom stereocenters. The molecule has 0 aromatic carbocycles. The Balaban J connectivity index is 1.19. The zero-order valence-corrected chi connectivity index (χ0v) is 24.8. The molecule has 7 fully saturated rings. The van der Waals surface area contributed by atoms with Crippen LogP contribution in [-0.4, -0.2) is 58.0 Å². The van der Waals surface area contributed by atoms with Gasteiger partial charge in [0.15, 0.2) is 0 Å². The van der Waals surface area contributed by atoms with E-state index in [1.165, 1.54) is 44.9 Å². The Labute approximate surface area is 230 Å². The fourth-order valence-electron chi connectivity index (χ4n) is 13.0. The summed E-state index contributed by atoms with van der Waals surface area (Å²) in [7, 11) is 0. The van der Waals surface area contributed by atoms with Crippen LogP contribution in [0.1, 0.15) is 112 Å². The predicted molar refractivity (Wildman–Crippen MR) is 147 cm³/mol. The minimum Gasteiger partial charge on any atom is -0.393 e. The number of aliphatic hydroxyl groups is 2. The first-order valence-electron chi connectivity index (χ1n) is 16.1. The van der Waals surface area contributed by atoms with Crippen molar-refractivity contribution in [2.75, 3.05) is 6.54 Å². The highest BCUT2D eigenvalue weighted by atomic mass is 16.5. The Morgan fingerprint density at radius 3 is 2.29 bits per heavy atom. The lowest BCUT2D eigenvalue weighted by molar-refractivity contribution is -0.182. The van der Waals surface area contributed by atoms with Crippen LogP contribution in [0.25, 0.3) is 0 Å². The molecule has 1 saturated heterocycles. The smallest absolute Gasteiger partial charge is 0.219 e. The first-order chi connectivity index (χ1) is 17.8. The summed E-state index contributed by atoms with van der Waals surface area (Å²) in [6.45, 7) is 14.4. The van der Waals surface area contributed by atoms with E-state index in [-0.39, 0.29) is 40.5 Å². The molecule has 0 bridgehead atoms. The molecule has 5 nitrogen and oxygen atoms in total. The number of rotatable bonds is 3. The average Bonchev–Trinajstić information content (AvgIpc) is 3.45. The third kappa shape index (κ3) is 2.93. The molecule has 7 unspecified atom stereocenters. The molecule has 6 saturated carbocycles. The highest BCUT2D eigenvalue weighted by Crippen LogP contribution is 2.89. The van der Waals surface area contributed by atoms with Crippen molar-refractivity contribution in [1.82, 2.24) is 4.90 Å². The number of nitrogens with zero attached hydrogens (tertiary/aromatic N) is 1. The van der Waals surface area contributed by atoms with Crippen molar-refractivity contribution in [2.45, 2.75) is 143 Å². The highest BCUT2D eigenvalue weighted by molar-refractivity contribution is 5.73. The molecule has 2 N–H and O–H groups in total. The van der Waals surface area contributed by atoms with Crippen molar-refractivity contribution in [1.29, 1.82) is 0 Å². The number of hydrogen-bond donors (Lipinski definition) is 2. The number of amides is 1. The van der Waals surface area contributed by atoms with Crippen LogP contribution in [0.5, 0.6) is 0 Å².